The van der Waals surface area contributed by atoms with E-state index < -0.39 is 0 Å². The van der Waals surface area contributed by atoms with Crippen molar-refractivity contribution in [2.75, 3.05) is 5.73 Å². The molecule has 2 aromatic heterocycles. The van der Waals surface area contributed by atoms with Crippen molar-refractivity contribution in [3.05, 3.63) is 98.6 Å². The summed E-state index contributed by atoms with van der Waals surface area (Å²) in [5.74, 6) is 6.42. The molecule has 6 aromatic rings. The Labute approximate surface area is 207 Å². The van der Waals surface area contributed by atoms with Crippen molar-refractivity contribution in [3.8, 4) is 11.8 Å². The molecule has 0 aliphatic rings. The number of hydrogen-bond donors (Lipinski definition) is 1. The van der Waals surface area contributed by atoms with Crippen molar-refractivity contribution < 1.29 is 4.42 Å². The van der Waals surface area contributed by atoms with Crippen LogP contribution in [0, 0.1) is 11.8 Å². The highest BCUT2D eigenvalue weighted by Crippen LogP contribution is 2.38. The highest BCUT2D eigenvalue weighted by Gasteiger charge is 2.23. The molecule has 0 spiro atoms. The fraction of sp³-hybridized carbons (Fsp3) is 0.161. The summed E-state index contributed by atoms with van der Waals surface area (Å²) in [5.41, 5.74) is 8.65. The van der Waals surface area contributed by atoms with Gasteiger partial charge in [0.1, 0.15) is 5.58 Å². The number of pyridine rings is 1. The van der Waals surface area contributed by atoms with E-state index in [9.17, 15) is 9.59 Å². The summed E-state index contributed by atoms with van der Waals surface area (Å²) in [5, 5.41) is 4.27. The molecule has 0 aliphatic heterocycles. The molecule has 0 saturated heterocycles. The minimum atomic E-state index is -0.278. The number of nitrogens with zero attached hydrogens (tertiary/aromatic N) is 1. The number of nitrogen functional groups attached to an aromatic ring is 1. The first kappa shape index (κ1) is 21.9. The van der Waals surface area contributed by atoms with Gasteiger partial charge in [-0.2, -0.15) is 0 Å². The van der Waals surface area contributed by atoms with E-state index in [-0.39, 0.29) is 17.2 Å². The highest BCUT2D eigenvalue weighted by molar-refractivity contribution is 6.27. The van der Waals surface area contributed by atoms with Crippen LogP contribution in [0.25, 0.3) is 43.5 Å². The molecule has 0 fully saturated rings. The number of hydrogen-bond acceptors (Lipinski definition) is 4. The van der Waals surface area contributed by atoms with Gasteiger partial charge in [-0.25, -0.2) is 0 Å². The summed E-state index contributed by atoms with van der Waals surface area (Å²) in [4.78, 5) is 27.4. The molecule has 4 aromatic carbocycles. The van der Waals surface area contributed by atoms with Gasteiger partial charge in [-0.1, -0.05) is 50.0 Å². The van der Waals surface area contributed by atoms with E-state index in [0.717, 1.165) is 27.3 Å². The van der Waals surface area contributed by atoms with Crippen molar-refractivity contribution in [2.45, 2.75) is 32.7 Å². The highest BCUT2D eigenvalue weighted by atomic mass is 16.3. The van der Waals surface area contributed by atoms with Crippen molar-refractivity contribution >= 4 is 49.2 Å². The predicted molar refractivity (Wildman–Crippen MR) is 147 cm³/mol. The minimum Gasteiger partial charge on any atom is -0.455 e. The Balaban J connectivity index is 1.80. The Morgan fingerprint density at radius 3 is 2.25 bits per heavy atom. The SMILES string of the molecule is CCC(CC)n1c(=O)c2ccc3c4ccccc4oc4c(C#Cc5ccc(N)cc5)cc(c1=O)c2c43. The maximum atomic E-state index is 13.8. The molecule has 5 nitrogen and oxygen atoms in total. The van der Waals surface area contributed by atoms with E-state index in [1.807, 2.05) is 62.4 Å². The van der Waals surface area contributed by atoms with Gasteiger partial charge in [0.15, 0.2) is 5.58 Å². The average molecular weight is 473 g/mol. The lowest BCUT2D eigenvalue weighted by molar-refractivity contribution is 0.451. The number of para-hydroxylation sites is 1. The van der Waals surface area contributed by atoms with Gasteiger partial charge in [-0.3, -0.25) is 14.2 Å². The third kappa shape index (κ3) is 3.19. The van der Waals surface area contributed by atoms with Gasteiger partial charge in [-0.15, -0.1) is 0 Å². The average Bonchev–Trinajstić information content (AvgIpc) is 2.90. The summed E-state index contributed by atoms with van der Waals surface area (Å²) in [7, 11) is 0. The van der Waals surface area contributed by atoms with Crippen LogP contribution in [0.1, 0.15) is 43.9 Å². The summed E-state index contributed by atoms with van der Waals surface area (Å²) in [6.45, 7) is 4.00. The molecule has 0 amide bonds. The van der Waals surface area contributed by atoms with Crippen LogP contribution in [0.4, 0.5) is 5.69 Å². The van der Waals surface area contributed by atoms with E-state index in [0.29, 0.717) is 45.8 Å². The lowest BCUT2D eigenvalue weighted by atomic mass is 9.93. The summed E-state index contributed by atoms with van der Waals surface area (Å²) < 4.78 is 7.82. The van der Waals surface area contributed by atoms with E-state index in [4.69, 9.17) is 10.2 Å². The molecule has 176 valence electrons. The number of nitrogens with two attached hydrogens (primary N) is 1. The molecule has 2 N–H and O–H groups in total. The van der Waals surface area contributed by atoms with Crippen LogP contribution in [0.3, 0.4) is 0 Å². The number of benzene rings is 4. The first-order chi connectivity index (χ1) is 17.5. The van der Waals surface area contributed by atoms with Gasteiger partial charge < -0.3 is 10.2 Å². The van der Waals surface area contributed by atoms with Crippen molar-refractivity contribution in [1.29, 1.82) is 0 Å². The zero-order valence-corrected chi connectivity index (χ0v) is 20.1. The summed E-state index contributed by atoms with van der Waals surface area (Å²) >= 11 is 0. The molecular formula is C31H24N2O3. The molecular weight excluding hydrogens is 448 g/mol. The first-order valence-electron chi connectivity index (χ1n) is 12.2. The standard InChI is InChI=1S/C31H24N2O3/c1-3-21(4-2)33-30(34)24-16-15-23-22-7-5-6-8-26(22)36-29-19(12-9-18-10-13-20(32)14-11-18)17-25(31(33)35)27(24)28(23)29/h5-8,10-11,13-17,21H,3-4,32H2,1-2H3. The van der Waals surface area contributed by atoms with E-state index in [1.54, 1.807) is 18.2 Å². The van der Waals surface area contributed by atoms with E-state index in [2.05, 4.69) is 11.8 Å². The monoisotopic (exact) mass is 472 g/mol. The molecule has 36 heavy (non-hydrogen) atoms. The van der Waals surface area contributed by atoms with Gasteiger partial charge in [0.05, 0.1) is 10.9 Å². The van der Waals surface area contributed by atoms with Gasteiger partial charge in [0.2, 0.25) is 0 Å². The van der Waals surface area contributed by atoms with Gasteiger partial charge in [0, 0.05) is 38.8 Å². The zero-order chi connectivity index (χ0) is 25.0. The lowest BCUT2D eigenvalue weighted by Gasteiger charge is -2.19. The number of anilines is 1. The molecule has 0 aliphatic carbocycles. The summed E-state index contributed by atoms with van der Waals surface area (Å²) in [6, 6.07) is 20.5. The fourth-order valence-electron chi connectivity index (χ4n) is 5.24. The second-order valence-electron chi connectivity index (χ2n) is 9.13. The maximum absolute atomic E-state index is 13.8. The Hall–Kier alpha value is -4.56. The molecule has 6 rings (SSSR count). The van der Waals surface area contributed by atoms with Crippen molar-refractivity contribution in [2.24, 2.45) is 0 Å². The number of fused-ring (bicyclic) bond motifs is 2. The van der Waals surface area contributed by atoms with Crippen LogP contribution in [-0.2, 0) is 0 Å². The van der Waals surface area contributed by atoms with Crippen LogP contribution >= 0.6 is 0 Å². The second-order valence-corrected chi connectivity index (χ2v) is 9.13. The van der Waals surface area contributed by atoms with Crippen LogP contribution in [0.5, 0.6) is 0 Å². The molecule has 0 bridgehead atoms. The fourth-order valence-corrected chi connectivity index (χ4v) is 5.24. The maximum Gasteiger partial charge on any atom is 0.261 e. The summed E-state index contributed by atoms with van der Waals surface area (Å²) in [6.07, 6.45) is 1.39. The topological polar surface area (TPSA) is 78.2 Å². The lowest BCUT2D eigenvalue weighted by Crippen LogP contribution is -2.36. The van der Waals surface area contributed by atoms with Gasteiger partial charge in [0.25, 0.3) is 11.1 Å². The molecule has 0 saturated carbocycles. The Morgan fingerprint density at radius 2 is 1.50 bits per heavy atom. The molecule has 0 atom stereocenters. The third-order valence-corrected chi connectivity index (χ3v) is 7.08. The molecule has 0 radical (unpaired) electrons. The quantitative estimate of drug-likeness (QED) is 0.144. The number of aromatic nitrogens is 1. The first-order valence-corrected chi connectivity index (χ1v) is 12.2. The number of rotatable bonds is 3. The van der Waals surface area contributed by atoms with Gasteiger partial charge in [-0.05, 0) is 60.7 Å². The largest absolute Gasteiger partial charge is 0.455 e. The van der Waals surface area contributed by atoms with Gasteiger partial charge >= 0.3 is 0 Å². The Bertz CT molecular complexity index is 1960. The smallest absolute Gasteiger partial charge is 0.261 e. The van der Waals surface area contributed by atoms with E-state index in [1.165, 1.54) is 4.57 Å². The van der Waals surface area contributed by atoms with Crippen LogP contribution in [-0.4, -0.2) is 4.57 Å². The second kappa shape index (κ2) is 8.28. The van der Waals surface area contributed by atoms with Crippen LogP contribution in [0.2, 0.25) is 0 Å². The minimum absolute atomic E-state index is 0.165. The van der Waals surface area contributed by atoms with Crippen LogP contribution in [0.15, 0.2) is 80.7 Å². The molecule has 0 unspecified atom stereocenters. The predicted octanol–water partition coefficient (Wildman–Crippen LogP) is 6.20. The Morgan fingerprint density at radius 1 is 0.806 bits per heavy atom. The molecule has 2 heterocycles. The third-order valence-electron chi connectivity index (χ3n) is 7.08. The van der Waals surface area contributed by atoms with Crippen molar-refractivity contribution in [3.63, 3.8) is 0 Å². The zero-order valence-electron chi connectivity index (χ0n) is 20.1. The van der Waals surface area contributed by atoms with E-state index >= 15 is 0 Å². The van der Waals surface area contributed by atoms with Crippen LogP contribution < -0.4 is 16.9 Å². The Kier molecular flexibility index (Phi) is 5.05. The van der Waals surface area contributed by atoms with Crippen molar-refractivity contribution in [1.82, 2.24) is 4.57 Å². The normalized spacial score (nSPS) is 11.6. The molecule has 5 heteroatoms.